The lowest BCUT2D eigenvalue weighted by atomic mass is 9.96. The molecule has 0 bridgehead atoms. The molecule has 0 unspecified atom stereocenters. The standard InChI is InChI=1S/C18H22N2O2/c1-2-22-18(21)15-7-9-20(10-8-15)13-14-11-16-5-3-4-6-17(16)19-12-14/h3-6,11-12,15H,2,7-10,13H2,1H3. The number of aromatic nitrogens is 1. The summed E-state index contributed by atoms with van der Waals surface area (Å²) in [4.78, 5) is 18.7. The van der Waals surface area contributed by atoms with Gasteiger partial charge in [0.1, 0.15) is 0 Å². The molecule has 116 valence electrons. The number of likely N-dealkylation sites (tertiary alicyclic amines) is 1. The number of esters is 1. The fourth-order valence-corrected chi connectivity index (χ4v) is 3.05. The Morgan fingerprint density at radius 3 is 2.86 bits per heavy atom. The van der Waals surface area contributed by atoms with Crippen LogP contribution in [0.5, 0.6) is 0 Å². The molecular weight excluding hydrogens is 276 g/mol. The maximum absolute atomic E-state index is 11.8. The highest BCUT2D eigenvalue weighted by molar-refractivity contribution is 5.78. The molecule has 4 heteroatoms. The fourth-order valence-electron chi connectivity index (χ4n) is 3.05. The second kappa shape index (κ2) is 6.88. The summed E-state index contributed by atoms with van der Waals surface area (Å²) in [6.45, 7) is 5.11. The normalized spacial score (nSPS) is 16.8. The molecule has 0 radical (unpaired) electrons. The molecule has 1 aliphatic rings. The van der Waals surface area contributed by atoms with E-state index in [1.807, 2.05) is 31.3 Å². The minimum atomic E-state index is -0.0329. The van der Waals surface area contributed by atoms with Gasteiger partial charge in [-0.25, -0.2) is 0 Å². The molecule has 1 aliphatic heterocycles. The van der Waals surface area contributed by atoms with Crippen LogP contribution in [-0.4, -0.2) is 35.5 Å². The van der Waals surface area contributed by atoms with Crippen LogP contribution in [0.4, 0.5) is 0 Å². The number of ether oxygens (including phenoxy) is 1. The number of hydrogen-bond donors (Lipinski definition) is 0. The maximum atomic E-state index is 11.8. The number of para-hydroxylation sites is 1. The first-order valence-corrected chi connectivity index (χ1v) is 7.99. The Labute approximate surface area is 131 Å². The number of piperidine rings is 1. The molecule has 1 saturated heterocycles. The van der Waals surface area contributed by atoms with Crippen molar-refractivity contribution < 1.29 is 9.53 Å². The van der Waals surface area contributed by atoms with Crippen LogP contribution in [0.15, 0.2) is 36.5 Å². The molecular formula is C18H22N2O2. The number of benzene rings is 1. The summed E-state index contributed by atoms with van der Waals surface area (Å²) in [5.41, 5.74) is 2.26. The SMILES string of the molecule is CCOC(=O)C1CCN(Cc2cnc3ccccc3c2)CC1. The summed E-state index contributed by atoms with van der Waals surface area (Å²) in [6.07, 6.45) is 3.74. The van der Waals surface area contributed by atoms with E-state index in [1.165, 1.54) is 10.9 Å². The van der Waals surface area contributed by atoms with Crippen molar-refractivity contribution in [2.75, 3.05) is 19.7 Å². The maximum Gasteiger partial charge on any atom is 0.309 e. The van der Waals surface area contributed by atoms with Crippen LogP contribution in [0.2, 0.25) is 0 Å². The van der Waals surface area contributed by atoms with Gasteiger partial charge in [-0.05, 0) is 50.6 Å². The zero-order chi connectivity index (χ0) is 15.4. The molecule has 1 fully saturated rings. The number of nitrogens with zero attached hydrogens (tertiary/aromatic N) is 2. The second-order valence-corrected chi connectivity index (χ2v) is 5.84. The summed E-state index contributed by atoms with van der Waals surface area (Å²) >= 11 is 0. The summed E-state index contributed by atoms with van der Waals surface area (Å²) in [7, 11) is 0. The van der Waals surface area contributed by atoms with Crippen LogP contribution >= 0.6 is 0 Å². The van der Waals surface area contributed by atoms with E-state index >= 15 is 0 Å². The van der Waals surface area contributed by atoms with Gasteiger partial charge >= 0.3 is 5.97 Å². The zero-order valence-corrected chi connectivity index (χ0v) is 13.0. The quantitative estimate of drug-likeness (QED) is 0.814. The van der Waals surface area contributed by atoms with Crippen molar-refractivity contribution in [1.29, 1.82) is 0 Å². The molecule has 22 heavy (non-hydrogen) atoms. The number of pyridine rings is 1. The topological polar surface area (TPSA) is 42.4 Å². The lowest BCUT2D eigenvalue weighted by Crippen LogP contribution is -2.36. The number of hydrogen-bond acceptors (Lipinski definition) is 4. The average Bonchev–Trinajstić information content (AvgIpc) is 2.56. The first-order valence-electron chi connectivity index (χ1n) is 7.99. The van der Waals surface area contributed by atoms with Gasteiger partial charge in [-0.3, -0.25) is 14.7 Å². The fraction of sp³-hybridized carbons (Fsp3) is 0.444. The predicted octanol–water partition coefficient (Wildman–Crippen LogP) is 3.01. The molecule has 0 amide bonds. The summed E-state index contributed by atoms with van der Waals surface area (Å²) in [5.74, 6) is 0.0421. The van der Waals surface area contributed by atoms with Crippen LogP contribution in [-0.2, 0) is 16.1 Å². The summed E-state index contributed by atoms with van der Waals surface area (Å²) in [6, 6.07) is 10.4. The third kappa shape index (κ3) is 3.45. The van der Waals surface area contributed by atoms with Gasteiger partial charge < -0.3 is 4.74 Å². The largest absolute Gasteiger partial charge is 0.466 e. The molecule has 1 aromatic heterocycles. The van der Waals surface area contributed by atoms with E-state index in [-0.39, 0.29) is 11.9 Å². The first-order chi connectivity index (χ1) is 10.8. The highest BCUT2D eigenvalue weighted by Gasteiger charge is 2.25. The molecule has 3 rings (SSSR count). The van der Waals surface area contributed by atoms with Crippen molar-refractivity contribution in [3.63, 3.8) is 0 Å². The molecule has 2 heterocycles. The van der Waals surface area contributed by atoms with E-state index < -0.39 is 0 Å². The first kappa shape index (κ1) is 15.0. The Kier molecular flexibility index (Phi) is 4.68. The van der Waals surface area contributed by atoms with E-state index in [0.717, 1.165) is 38.0 Å². The highest BCUT2D eigenvalue weighted by atomic mass is 16.5. The molecule has 0 N–H and O–H groups in total. The van der Waals surface area contributed by atoms with Gasteiger partial charge in [0.2, 0.25) is 0 Å². The lowest BCUT2D eigenvalue weighted by Gasteiger charge is -2.30. The lowest BCUT2D eigenvalue weighted by molar-refractivity contribution is -0.149. The van der Waals surface area contributed by atoms with Crippen molar-refractivity contribution in [3.8, 4) is 0 Å². The molecule has 0 saturated carbocycles. The van der Waals surface area contributed by atoms with Gasteiger partial charge in [0.25, 0.3) is 0 Å². The van der Waals surface area contributed by atoms with Crippen LogP contribution in [0.25, 0.3) is 10.9 Å². The third-order valence-electron chi connectivity index (χ3n) is 4.26. The monoisotopic (exact) mass is 298 g/mol. The van der Waals surface area contributed by atoms with E-state index in [9.17, 15) is 4.79 Å². The van der Waals surface area contributed by atoms with Gasteiger partial charge in [-0.15, -0.1) is 0 Å². The Hall–Kier alpha value is -1.94. The van der Waals surface area contributed by atoms with Gasteiger partial charge in [0.15, 0.2) is 0 Å². The van der Waals surface area contributed by atoms with E-state index in [2.05, 4.69) is 22.0 Å². The second-order valence-electron chi connectivity index (χ2n) is 5.84. The Balaban J connectivity index is 1.58. The number of carbonyl (C=O) groups is 1. The third-order valence-corrected chi connectivity index (χ3v) is 4.26. The van der Waals surface area contributed by atoms with Crippen molar-refractivity contribution in [2.45, 2.75) is 26.3 Å². The summed E-state index contributed by atoms with van der Waals surface area (Å²) < 4.78 is 5.12. The minimum Gasteiger partial charge on any atom is -0.466 e. The summed E-state index contributed by atoms with van der Waals surface area (Å²) in [5, 5.41) is 1.18. The number of fused-ring (bicyclic) bond motifs is 1. The molecule has 0 atom stereocenters. The molecule has 1 aromatic carbocycles. The van der Waals surface area contributed by atoms with Crippen LogP contribution in [0.3, 0.4) is 0 Å². The van der Waals surface area contributed by atoms with Crippen LogP contribution in [0, 0.1) is 5.92 Å². The smallest absolute Gasteiger partial charge is 0.309 e. The van der Waals surface area contributed by atoms with E-state index in [0.29, 0.717) is 6.61 Å². The zero-order valence-electron chi connectivity index (χ0n) is 13.0. The Morgan fingerprint density at radius 2 is 2.09 bits per heavy atom. The van der Waals surface area contributed by atoms with Gasteiger partial charge in [-0.2, -0.15) is 0 Å². The predicted molar refractivity (Wildman–Crippen MR) is 86.4 cm³/mol. The van der Waals surface area contributed by atoms with Crippen molar-refractivity contribution in [1.82, 2.24) is 9.88 Å². The highest BCUT2D eigenvalue weighted by Crippen LogP contribution is 2.21. The van der Waals surface area contributed by atoms with Crippen molar-refractivity contribution >= 4 is 16.9 Å². The van der Waals surface area contributed by atoms with Crippen molar-refractivity contribution in [3.05, 3.63) is 42.1 Å². The number of rotatable bonds is 4. The number of carbonyl (C=O) groups excluding carboxylic acids is 1. The molecule has 0 spiro atoms. The Morgan fingerprint density at radius 1 is 1.32 bits per heavy atom. The van der Waals surface area contributed by atoms with Crippen LogP contribution in [0.1, 0.15) is 25.3 Å². The van der Waals surface area contributed by atoms with Crippen molar-refractivity contribution in [2.24, 2.45) is 5.92 Å². The molecule has 4 nitrogen and oxygen atoms in total. The molecule has 2 aromatic rings. The van der Waals surface area contributed by atoms with Gasteiger partial charge in [0, 0.05) is 18.1 Å². The van der Waals surface area contributed by atoms with Gasteiger partial charge in [0.05, 0.1) is 18.0 Å². The average molecular weight is 298 g/mol. The van der Waals surface area contributed by atoms with Gasteiger partial charge in [-0.1, -0.05) is 18.2 Å². The minimum absolute atomic E-state index is 0.0329. The molecule has 0 aliphatic carbocycles. The Bertz CT molecular complexity index is 648. The van der Waals surface area contributed by atoms with E-state index in [4.69, 9.17) is 4.74 Å². The van der Waals surface area contributed by atoms with Crippen LogP contribution < -0.4 is 0 Å². The van der Waals surface area contributed by atoms with E-state index in [1.54, 1.807) is 0 Å².